The van der Waals surface area contributed by atoms with Gasteiger partial charge in [-0.2, -0.15) is 5.10 Å². The van der Waals surface area contributed by atoms with Crippen molar-refractivity contribution in [3.63, 3.8) is 0 Å². The second-order valence-electron chi connectivity index (χ2n) is 5.62. The number of carbonyl (C=O) groups excluding carboxylic acids is 1. The molecule has 2 heterocycles. The lowest BCUT2D eigenvalue weighted by Crippen LogP contribution is -2.11. The van der Waals surface area contributed by atoms with E-state index in [1.54, 1.807) is 4.68 Å². The summed E-state index contributed by atoms with van der Waals surface area (Å²) in [5.74, 6) is -1.25. The van der Waals surface area contributed by atoms with Crippen LogP contribution in [0.1, 0.15) is 43.2 Å². The van der Waals surface area contributed by atoms with E-state index in [4.69, 9.17) is 16.3 Å². The maximum Gasteiger partial charge on any atom is 0.339 e. The first-order valence-electron chi connectivity index (χ1n) is 7.21. The quantitative estimate of drug-likeness (QED) is 0.813. The zero-order valence-corrected chi connectivity index (χ0v) is 13.9. The van der Waals surface area contributed by atoms with Crippen molar-refractivity contribution in [3.8, 4) is 0 Å². The zero-order valence-electron chi connectivity index (χ0n) is 13.2. The van der Waals surface area contributed by atoms with E-state index in [1.807, 2.05) is 0 Å². The van der Waals surface area contributed by atoms with E-state index in [1.165, 1.54) is 13.1 Å². The number of aryl methyl sites for hydroxylation is 1. The summed E-state index contributed by atoms with van der Waals surface area (Å²) in [5.41, 5.74) is 0.433. The van der Waals surface area contributed by atoms with Crippen LogP contribution in [-0.2, 0) is 22.7 Å². The average molecular weight is 340 g/mol. The molecule has 7 nitrogen and oxygen atoms in total. The molecule has 0 spiro atoms. The highest BCUT2D eigenvalue weighted by atomic mass is 35.5. The van der Waals surface area contributed by atoms with Gasteiger partial charge in [0.1, 0.15) is 12.2 Å². The molecule has 1 N–H and O–H groups in total. The van der Waals surface area contributed by atoms with Crippen LogP contribution >= 0.6 is 11.6 Å². The Morgan fingerprint density at radius 2 is 2.13 bits per heavy atom. The van der Waals surface area contributed by atoms with Gasteiger partial charge in [0, 0.05) is 13.5 Å². The monoisotopic (exact) mass is 339 g/mol. The number of rotatable bonds is 6. The summed E-state index contributed by atoms with van der Waals surface area (Å²) < 4.78 is 6.57. The Morgan fingerprint density at radius 3 is 2.70 bits per heavy atom. The van der Waals surface area contributed by atoms with Gasteiger partial charge < -0.3 is 9.84 Å². The lowest BCUT2D eigenvalue weighted by atomic mass is 10.1. The molecule has 8 heteroatoms. The van der Waals surface area contributed by atoms with Crippen molar-refractivity contribution >= 4 is 34.6 Å². The number of carboxylic acids is 1. The van der Waals surface area contributed by atoms with Crippen LogP contribution in [-0.4, -0.2) is 31.8 Å². The summed E-state index contributed by atoms with van der Waals surface area (Å²) in [4.78, 5) is 26.8. The van der Waals surface area contributed by atoms with E-state index >= 15 is 0 Å². The predicted molar refractivity (Wildman–Crippen MR) is 84.4 cm³/mol. The number of pyridine rings is 1. The highest BCUT2D eigenvalue weighted by Crippen LogP contribution is 2.29. The second kappa shape index (κ2) is 6.95. The molecule has 2 aromatic heterocycles. The molecule has 0 bridgehead atoms. The van der Waals surface area contributed by atoms with Gasteiger partial charge >= 0.3 is 11.9 Å². The fourth-order valence-electron chi connectivity index (χ4n) is 2.13. The van der Waals surface area contributed by atoms with E-state index in [0.717, 1.165) is 6.42 Å². The Bertz CT molecular complexity index is 755. The number of carboxylic acid groups (broad SMARTS) is 1. The molecule has 23 heavy (non-hydrogen) atoms. The van der Waals surface area contributed by atoms with Crippen LogP contribution in [0.15, 0.2) is 6.20 Å². The number of fused-ring (bicyclic) bond motifs is 1. The van der Waals surface area contributed by atoms with Crippen LogP contribution in [0.3, 0.4) is 0 Å². The van der Waals surface area contributed by atoms with Gasteiger partial charge in [0.25, 0.3) is 0 Å². The number of halogens is 1. The molecular weight excluding hydrogens is 322 g/mol. The fourth-order valence-corrected chi connectivity index (χ4v) is 2.46. The van der Waals surface area contributed by atoms with Crippen molar-refractivity contribution in [1.29, 1.82) is 0 Å². The molecule has 0 aliphatic carbocycles. The minimum absolute atomic E-state index is 0.0560. The molecular formula is C15H18ClN3O4. The van der Waals surface area contributed by atoms with Crippen LogP contribution in [0, 0.1) is 5.92 Å². The van der Waals surface area contributed by atoms with Crippen LogP contribution in [0.2, 0.25) is 5.02 Å². The summed E-state index contributed by atoms with van der Waals surface area (Å²) in [6, 6.07) is 0. The predicted octanol–water partition coefficient (Wildman–Crippen LogP) is 2.89. The first kappa shape index (κ1) is 17.2. The number of esters is 1. The van der Waals surface area contributed by atoms with Gasteiger partial charge in [-0.25, -0.2) is 14.5 Å². The molecule has 0 unspecified atom stereocenters. The molecule has 0 fully saturated rings. The Kier molecular flexibility index (Phi) is 5.20. The molecule has 0 amide bonds. The molecule has 0 aliphatic rings. The van der Waals surface area contributed by atoms with Crippen molar-refractivity contribution in [1.82, 2.24) is 14.8 Å². The summed E-state index contributed by atoms with van der Waals surface area (Å²) in [6.07, 6.45) is 2.41. The Morgan fingerprint density at radius 1 is 1.43 bits per heavy atom. The van der Waals surface area contributed by atoms with Gasteiger partial charge in [0.2, 0.25) is 0 Å². The van der Waals surface area contributed by atoms with Gasteiger partial charge in [0.15, 0.2) is 5.65 Å². The maximum absolute atomic E-state index is 11.5. The topological polar surface area (TPSA) is 94.3 Å². The molecule has 2 rings (SSSR count). The second-order valence-corrected chi connectivity index (χ2v) is 6.00. The number of nitrogens with zero attached hydrogens (tertiary/aromatic N) is 3. The van der Waals surface area contributed by atoms with E-state index in [9.17, 15) is 14.7 Å². The number of aromatic nitrogens is 3. The van der Waals surface area contributed by atoms with Gasteiger partial charge in [-0.3, -0.25) is 4.79 Å². The number of aromatic carboxylic acids is 1. The highest BCUT2D eigenvalue weighted by Gasteiger charge is 2.22. The SMILES string of the molecule is CC(=O)OCc1nc2c(cnn2CCC(C)C)c(Cl)c1C(=O)O. The first-order chi connectivity index (χ1) is 10.8. The lowest BCUT2D eigenvalue weighted by Gasteiger charge is -2.10. The van der Waals surface area contributed by atoms with Crippen molar-refractivity contribution < 1.29 is 19.4 Å². The third kappa shape index (κ3) is 3.79. The molecule has 0 saturated carbocycles. The molecule has 0 aromatic carbocycles. The van der Waals surface area contributed by atoms with Gasteiger partial charge in [0.05, 0.1) is 22.3 Å². The van der Waals surface area contributed by atoms with Crippen molar-refractivity contribution in [2.24, 2.45) is 5.92 Å². The third-order valence-electron chi connectivity index (χ3n) is 3.34. The minimum Gasteiger partial charge on any atom is -0.478 e. The number of hydrogen-bond donors (Lipinski definition) is 1. The van der Waals surface area contributed by atoms with Gasteiger partial charge in [-0.15, -0.1) is 0 Å². The Labute approximate surface area is 138 Å². The first-order valence-corrected chi connectivity index (χ1v) is 7.59. The largest absolute Gasteiger partial charge is 0.478 e. The van der Waals surface area contributed by atoms with Crippen molar-refractivity contribution in [2.75, 3.05) is 0 Å². The highest BCUT2D eigenvalue weighted by molar-refractivity contribution is 6.38. The maximum atomic E-state index is 11.5. The number of ether oxygens (including phenoxy) is 1. The van der Waals surface area contributed by atoms with Crippen LogP contribution in [0.5, 0.6) is 0 Å². The fraction of sp³-hybridized carbons (Fsp3) is 0.467. The summed E-state index contributed by atoms with van der Waals surface area (Å²) in [7, 11) is 0. The van der Waals surface area contributed by atoms with E-state index < -0.39 is 11.9 Å². The number of carbonyl (C=O) groups is 2. The molecule has 0 radical (unpaired) electrons. The minimum atomic E-state index is -1.22. The zero-order chi connectivity index (χ0) is 17.1. The molecule has 0 aliphatic heterocycles. The van der Waals surface area contributed by atoms with Crippen LogP contribution in [0.25, 0.3) is 11.0 Å². The standard InChI is InChI=1S/C15H18ClN3O4/c1-8(2)4-5-19-14-10(6-17-19)13(16)12(15(21)22)11(18-14)7-23-9(3)20/h6,8H,4-5,7H2,1-3H3,(H,21,22). The number of hydrogen-bond acceptors (Lipinski definition) is 5. The molecule has 124 valence electrons. The van der Waals surface area contributed by atoms with Crippen LogP contribution in [0.4, 0.5) is 0 Å². The summed E-state index contributed by atoms with van der Waals surface area (Å²) >= 11 is 6.22. The molecule has 0 saturated heterocycles. The molecule has 2 aromatic rings. The smallest absolute Gasteiger partial charge is 0.339 e. The lowest BCUT2D eigenvalue weighted by molar-refractivity contribution is -0.142. The van der Waals surface area contributed by atoms with E-state index in [0.29, 0.717) is 23.5 Å². The van der Waals surface area contributed by atoms with Gasteiger partial charge in [-0.05, 0) is 12.3 Å². The van der Waals surface area contributed by atoms with Crippen molar-refractivity contribution in [3.05, 3.63) is 22.5 Å². The summed E-state index contributed by atoms with van der Waals surface area (Å²) in [5, 5.41) is 14.1. The Hall–Kier alpha value is -2.15. The Balaban J connectivity index is 2.52. The van der Waals surface area contributed by atoms with E-state index in [-0.39, 0.29) is 22.9 Å². The molecule has 0 atom stereocenters. The van der Waals surface area contributed by atoms with Gasteiger partial charge in [-0.1, -0.05) is 25.4 Å². The van der Waals surface area contributed by atoms with Crippen LogP contribution < -0.4 is 0 Å². The summed E-state index contributed by atoms with van der Waals surface area (Å²) in [6.45, 7) is 5.83. The average Bonchev–Trinajstić information content (AvgIpc) is 2.85. The normalized spacial score (nSPS) is 11.2. The van der Waals surface area contributed by atoms with Crippen molar-refractivity contribution in [2.45, 2.75) is 40.3 Å². The third-order valence-corrected chi connectivity index (χ3v) is 3.73. The van der Waals surface area contributed by atoms with E-state index in [2.05, 4.69) is 23.9 Å².